The number of hydrogen-bond donors (Lipinski definition) is 1. The lowest BCUT2D eigenvalue weighted by Crippen LogP contribution is -2.47. The molecular weight excluding hydrogens is 170 g/mol. The second-order valence-corrected chi connectivity index (χ2v) is 3.89. The van der Waals surface area contributed by atoms with Crippen LogP contribution in [0.15, 0.2) is 0 Å². The van der Waals surface area contributed by atoms with Gasteiger partial charge in [0.1, 0.15) is 0 Å². The highest BCUT2D eigenvalue weighted by Crippen LogP contribution is 2.34. The zero-order chi connectivity index (χ0) is 9.15. The molecule has 13 heavy (non-hydrogen) atoms. The first-order chi connectivity index (χ1) is 6.35. The summed E-state index contributed by atoms with van der Waals surface area (Å²) in [4.78, 5) is 4.90. The van der Waals surface area contributed by atoms with E-state index in [4.69, 9.17) is 20.2 Å². The van der Waals surface area contributed by atoms with Gasteiger partial charge in [0.2, 0.25) is 0 Å². The molecule has 0 radical (unpaired) electrons. The Hall–Kier alpha value is -0.160. The van der Waals surface area contributed by atoms with Gasteiger partial charge in [0.25, 0.3) is 0 Å². The standard InChI is InChI=1S/C9H17NO3/c10-13-8-1-4-12-9(7-8)2-5-11-6-3-9/h8H,1-7,10H2. The van der Waals surface area contributed by atoms with E-state index >= 15 is 0 Å². The Morgan fingerprint density at radius 1 is 1.23 bits per heavy atom. The average molecular weight is 187 g/mol. The van der Waals surface area contributed by atoms with Crippen LogP contribution in [0.2, 0.25) is 0 Å². The second-order valence-electron chi connectivity index (χ2n) is 3.89. The molecule has 4 nitrogen and oxygen atoms in total. The fourth-order valence-corrected chi connectivity index (χ4v) is 2.19. The van der Waals surface area contributed by atoms with Gasteiger partial charge >= 0.3 is 0 Å². The molecule has 2 heterocycles. The lowest BCUT2D eigenvalue weighted by molar-refractivity contribution is -0.170. The molecule has 2 fully saturated rings. The van der Waals surface area contributed by atoms with Crippen LogP contribution in [0.25, 0.3) is 0 Å². The Labute approximate surface area is 78.3 Å². The van der Waals surface area contributed by atoms with Crippen LogP contribution in [-0.4, -0.2) is 31.5 Å². The first-order valence-corrected chi connectivity index (χ1v) is 4.92. The predicted molar refractivity (Wildman–Crippen MR) is 47.0 cm³/mol. The van der Waals surface area contributed by atoms with Gasteiger partial charge in [-0.15, -0.1) is 0 Å². The molecule has 0 aliphatic carbocycles. The third-order valence-corrected chi connectivity index (χ3v) is 3.04. The molecule has 2 saturated heterocycles. The van der Waals surface area contributed by atoms with Crippen molar-refractivity contribution in [2.75, 3.05) is 19.8 Å². The topological polar surface area (TPSA) is 53.7 Å². The number of nitrogens with two attached hydrogens (primary N) is 1. The van der Waals surface area contributed by atoms with Gasteiger partial charge in [-0.2, -0.15) is 0 Å². The Kier molecular flexibility index (Phi) is 2.83. The maximum Gasteiger partial charge on any atom is 0.0836 e. The molecule has 2 aliphatic heterocycles. The first kappa shape index (κ1) is 9.40. The molecule has 1 unspecified atom stereocenters. The summed E-state index contributed by atoms with van der Waals surface area (Å²) in [7, 11) is 0. The Bertz CT molecular complexity index is 163. The highest BCUT2D eigenvalue weighted by molar-refractivity contribution is 4.89. The number of rotatable bonds is 1. The van der Waals surface area contributed by atoms with E-state index in [1.54, 1.807) is 0 Å². The molecule has 2 rings (SSSR count). The summed E-state index contributed by atoms with van der Waals surface area (Å²) in [5.74, 6) is 5.21. The number of ether oxygens (including phenoxy) is 2. The van der Waals surface area contributed by atoms with E-state index in [0.717, 1.165) is 45.5 Å². The van der Waals surface area contributed by atoms with Crippen molar-refractivity contribution >= 4 is 0 Å². The van der Waals surface area contributed by atoms with Crippen LogP contribution in [-0.2, 0) is 14.3 Å². The molecule has 0 bridgehead atoms. The van der Waals surface area contributed by atoms with E-state index in [-0.39, 0.29) is 11.7 Å². The summed E-state index contributed by atoms with van der Waals surface area (Å²) < 4.78 is 11.1. The van der Waals surface area contributed by atoms with Gasteiger partial charge in [-0.3, -0.25) is 0 Å². The largest absolute Gasteiger partial charge is 0.381 e. The van der Waals surface area contributed by atoms with Crippen LogP contribution >= 0.6 is 0 Å². The van der Waals surface area contributed by atoms with E-state index in [1.807, 2.05) is 0 Å². The molecule has 1 spiro atoms. The molecule has 4 heteroatoms. The summed E-state index contributed by atoms with van der Waals surface area (Å²) in [6.45, 7) is 2.37. The molecule has 2 N–H and O–H groups in total. The highest BCUT2D eigenvalue weighted by Gasteiger charge is 2.39. The van der Waals surface area contributed by atoms with E-state index in [0.29, 0.717) is 0 Å². The van der Waals surface area contributed by atoms with Crippen molar-refractivity contribution in [2.24, 2.45) is 5.90 Å². The van der Waals surface area contributed by atoms with Crippen LogP contribution in [0.3, 0.4) is 0 Å². The zero-order valence-electron chi connectivity index (χ0n) is 7.83. The van der Waals surface area contributed by atoms with Crippen molar-refractivity contribution in [3.63, 3.8) is 0 Å². The minimum Gasteiger partial charge on any atom is -0.381 e. The fraction of sp³-hybridized carbons (Fsp3) is 1.00. The molecule has 1 atom stereocenters. The van der Waals surface area contributed by atoms with Gasteiger partial charge in [0, 0.05) is 26.2 Å². The predicted octanol–water partition coefficient (Wildman–Crippen LogP) is 0.605. The maximum atomic E-state index is 5.82. The van der Waals surface area contributed by atoms with Crippen LogP contribution < -0.4 is 5.90 Å². The van der Waals surface area contributed by atoms with Gasteiger partial charge < -0.3 is 14.3 Å². The van der Waals surface area contributed by atoms with E-state index in [9.17, 15) is 0 Å². The second kappa shape index (κ2) is 3.92. The Balaban J connectivity index is 1.95. The summed E-state index contributed by atoms with van der Waals surface area (Å²) in [5, 5.41) is 0. The minimum atomic E-state index is 0.000532. The average Bonchev–Trinajstić information content (AvgIpc) is 2.19. The molecule has 0 saturated carbocycles. The van der Waals surface area contributed by atoms with Crippen molar-refractivity contribution in [1.29, 1.82) is 0 Å². The normalized spacial score (nSPS) is 33.5. The van der Waals surface area contributed by atoms with E-state index < -0.39 is 0 Å². The van der Waals surface area contributed by atoms with Gasteiger partial charge in [-0.1, -0.05) is 0 Å². The smallest absolute Gasteiger partial charge is 0.0836 e. The quantitative estimate of drug-likeness (QED) is 0.611. The van der Waals surface area contributed by atoms with Gasteiger partial charge in [-0.25, -0.2) is 5.90 Å². The summed E-state index contributed by atoms with van der Waals surface area (Å²) in [6, 6.07) is 0. The summed E-state index contributed by atoms with van der Waals surface area (Å²) in [6.07, 6.45) is 3.97. The van der Waals surface area contributed by atoms with Crippen molar-refractivity contribution in [3.8, 4) is 0 Å². The van der Waals surface area contributed by atoms with Crippen LogP contribution in [0, 0.1) is 0 Å². The Morgan fingerprint density at radius 2 is 2.00 bits per heavy atom. The zero-order valence-corrected chi connectivity index (χ0v) is 7.83. The monoisotopic (exact) mass is 187 g/mol. The molecule has 0 amide bonds. The van der Waals surface area contributed by atoms with Gasteiger partial charge in [0.15, 0.2) is 0 Å². The van der Waals surface area contributed by atoms with E-state index in [2.05, 4.69) is 0 Å². The SMILES string of the molecule is NOC1CCOC2(CCOCC2)C1. The first-order valence-electron chi connectivity index (χ1n) is 4.92. The summed E-state index contributed by atoms with van der Waals surface area (Å²) in [5.41, 5.74) is 0.000532. The lowest BCUT2D eigenvalue weighted by atomic mass is 9.85. The van der Waals surface area contributed by atoms with Crippen molar-refractivity contribution in [1.82, 2.24) is 0 Å². The van der Waals surface area contributed by atoms with Crippen LogP contribution in [0.4, 0.5) is 0 Å². The fourth-order valence-electron chi connectivity index (χ4n) is 2.19. The molecule has 0 aromatic heterocycles. The molecular formula is C9H17NO3. The van der Waals surface area contributed by atoms with Crippen molar-refractivity contribution < 1.29 is 14.3 Å². The van der Waals surface area contributed by atoms with Crippen molar-refractivity contribution in [3.05, 3.63) is 0 Å². The molecule has 76 valence electrons. The molecule has 2 aliphatic rings. The Morgan fingerprint density at radius 3 is 2.69 bits per heavy atom. The van der Waals surface area contributed by atoms with Crippen molar-refractivity contribution in [2.45, 2.75) is 37.4 Å². The van der Waals surface area contributed by atoms with Crippen LogP contribution in [0.1, 0.15) is 25.7 Å². The van der Waals surface area contributed by atoms with Gasteiger partial charge in [-0.05, 0) is 19.3 Å². The number of hydrogen-bond acceptors (Lipinski definition) is 4. The highest BCUT2D eigenvalue weighted by atomic mass is 16.6. The summed E-state index contributed by atoms with van der Waals surface area (Å²) >= 11 is 0. The minimum absolute atomic E-state index is 0.000532. The maximum absolute atomic E-state index is 5.82. The van der Waals surface area contributed by atoms with Crippen LogP contribution in [0.5, 0.6) is 0 Å². The molecule has 0 aromatic carbocycles. The lowest BCUT2D eigenvalue weighted by Gasteiger charge is -2.42. The van der Waals surface area contributed by atoms with Gasteiger partial charge in [0.05, 0.1) is 11.7 Å². The van der Waals surface area contributed by atoms with E-state index in [1.165, 1.54) is 0 Å². The third kappa shape index (κ3) is 2.02. The third-order valence-electron chi connectivity index (χ3n) is 3.04. The molecule has 0 aromatic rings.